The summed E-state index contributed by atoms with van der Waals surface area (Å²) in [6.45, 7) is 4.52. The lowest BCUT2D eigenvalue weighted by atomic mass is 9.75. The quantitative estimate of drug-likeness (QED) is 0.279. The van der Waals surface area contributed by atoms with E-state index in [4.69, 9.17) is 15.9 Å². The second-order valence-electron chi connectivity index (χ2n) is 9.61. The molecular weight excluding hydrogens is 468 g/mol. The van der Waals surface area contributed by atoms with Crippen LogP contribution in [0.5, 0.6) is 0 Å². The van der Waals surface area contributed by atoms with Crippen molar-refractivity contribution in [2.75, 3.05) is 18.5 Å². The fraction of sp³-hybridized carbons (Fsp3) is 0.276. The molecule has 5 N–H and O–H groups in total. The number of morpholine rings is 1. The lowest BCUT2D eigenvalue weighted by molar-refractivity contribution is -0.173. The van der Waals surface area contributed by atoms with Gasteiger partial charge in [0.15, 0.2) is 12.2 Å². The third-order valence-corrected chi connectivity index (χ3v) is 6.81. The highest BCUT2D eigenvalue weighted by molar-refractivity contribution is 6.00. The van der Waals surface area contributed by atoms with Gasteiger partial charge in [0.05, 0.1) is 6.61 Å². The first-order valence-electron chi connectivity index (χ1n) is 12.2. The number of nitrogens with zero attached hydrogens (tertiary/aromatic N) is 1. The van der Waals surface area contributed by atoms with E-state index in [0.29, 0.717) is 17.8 Å². The molecule has 1 saturated heterocycles. The monoisotopic (exact) mass is 500 g/mol. The van der Waals surface area contributed by atoms with E-state index in [0.717, 1.165) is 11.1 Å². The number of ether oxygens (including phenoxy) is 1. The third-order valence-electron chi connectivity index (χ3n) is 6.81. The van der Waals surface area contributed by atoms with Crippen molar-refractivity contribution in [3.63, 3.8) is 0 Å². The SMILES string of the molecule is CC(C)(C(c1ccccc1)c1ccccc1)N1CCOC(C(O)C(=O)Nc2ccc(C(=N)N)cc2)C1=O. The Morgan fingerprint density at radius 1 is 1.03 bits per heavy atom. The highest BCUT2D eigenvalue weighted by Gasteiger charge is 2.47. The van der Waals surface area contributed by atoms with E-state index in [2.05, 4.69) is 5.32 Å². The van der Waals surface area contributed by atoms with Crippen LogP contribution in [0.2, 0.25) is 0 Å². The van der Waals surface area contributed by atoms with Crippen LogP contribution >= 0.6 is 0 Å². The summed E-state index contributed by atoms with van der Waals surface area (Å²) in [5.74, 6) is -1.44. The smallest absolute Gasteiger partial charge is 0.256 e. The van der Waals surface area contributed by atoms with Gasteiger partial charge in [-0.25, -0.2) is 0 Å². The Bertz CT molecular complexity index is 1210. The summed E-state index contributed by atoms with van der Waals surface area (Å²) in [5, 5.41) is 20.9. The highest BCUT2D eigenvalue weighted by Crippen LogP contribution is 2.40. The van der Waals surface area contributed by atoms with Crippen molar-refractivity contribution in [3.05, 3.63) is 102 Å². The second kappa shape index (κ2) is 10.9. The second-order valence-corrected chi connectivity index (χ2v) is 9.61. The van der Waals surface area contributed by atoms with Gasteiger partial charge in [0, 0.05) is 29.3 Å². The predicted octanol–water partition coefficient (Wildman–Crippen LogP) is 3.11. The largest absolute Gasteiger partial charge is 0.384 e. The van der Waals surface area contributed by atoms with Gasteiger partial charge in [-0.15, -0.1) is 0 Å². The van der Waals surface area contributed by atoms with Crippen molar-refractivity contribution in [3.8, 4) is 0 Å². The predicted molar refractivity (Wildman–Crippen MR) is 142 cm³/mol. The number of nitrogens with one attached hydrogen (secondary N) is 2. The molecule has 2 atom stereocenters. The summed E-state index contributed by atoms with van der Waals surface area (Å²) in [4.78, 5) is 28.2. The van der Waals surface area contributed by atoms with E-state index < -0.39 is 29.6 Å². The molecule has 3 aromatic rings. The van der Waals surface area contributed by atoms with Gasteiger partial charge in [-0.1, -0.05) is 60.7 Å². The van der Waals surface area contributed by atoms with Gasteiger partial charge in [0.1, 0.15) is 5.84 Å². The van der Waals surface area contributed by atoms with Gasteiger partial charge in [-0.2, -0.15) is 0 Å². The first kappa shape index (κ1) is 26.1. The van der Waals surface area contributed by atoms with Crippen molar-refractivity contribution >= 4 is 23.3 Å². The van der Waals surface area contributed by atoms with Crippen molar-refractivity contribution in [1.82, 2.24) is 4.90 Å². The molecule has 1 aliphatic rings. The minimum absolute atomic E-state index is 0.0915. The van der Waals surface area contributed by atoms with Crippen LogP contribution in [0.4, 0.5) is 5.69 Å². The van der Waals surface area contributed by atoms with Crippen LogP contribution in [0.15, 0.2) is 84.9 Å². The molecule has 1 aliphatic heterocycles. The molecule has 0 spiro atoms. The van der Waals surface area contributed by atoms with Crippen molar-refractivity contribution < 1.29 is 19.4 Å². The molecule has 0 saturated carbocycles. The molecule has 2 unspecified atom stereocenters. The number of amidine groups is 1. The summed E-state index contributed by atoms with van der Waals surface area (Å²) in [5.41, 5.74) is 7.80. The summed E-state index contributed by atoms with van der Waals surface area (Å²) in [7, 11) is 0. The van der Waals surface area contributed by atoms with Crippen LogP contribution in [0.25, 0.3) is 0 Å². The van der Waals surface area contributed by atoms with E-state index >= 15 is 0 Å². The number of nitrogen functional groups attached to an aromatic ring is 1. The zero-order chi connectivity index (χ0) is 26.6. The average Bonchev–Trinajstić information content (AvgIpc) is 2.90. The van der Waals surface area contributed by atoms with Gasteiger partial charge in [0.25, 0.3) is 11.8 Å². The number of carbonyl (C=O) groups is 2. The molecule has 1 heterocycles. The van der Waals surface area contributed by atoms with Crippen LogP contribution in [0.1, 0.15) is 36.5 Å². The van der Waals surface area contributed by atoms with E-state index in [1.165, 1.54) is 0 Å². The molecule has 37 heavy (non-hydrogen) atoms. The number of carbonyl (C=O) groups excluding carboxylic acids is 2. The molecule has 0 radical (unpaired) electrons. The Morgan fingerprint density at radius 3 is 2.08 bits per heavy atom. The maximum atomic E-state index is 13.7. The number of rotatable bonds is 8. The molecule has 0 aliphatic carbocycles. The van der Waals surface area contributed by atoms with E-state index in [1.807, 2.05) is 74.5 Å². The molecule has 0 aromatic heterocycles. The molecule has 3 aromatic carbocycles. The molecule has 192 valence electrons. The molecule has 8 heteroatoms. The number of hydrogen-bond acceptors (Lipinski definition) is 5. The zero-order valence-corrected chi connectivity index (χ0v) is 20.9. The Kier molecular flexibility index (Phi) is 7.71. The van der Waals surface area contributed by atoms with Crippen LogP contribution in [-0.4, -0.2) is 58.6 Å². The number of aliphatic hydroxyl groups is 1. The maximum Gasteiger partial charge on any atom is 0.256 e. The average molecular weight is 501 g/mol. The molecule has 1 fully saturated rings. The van der Waals surface area contributed by atoms with Crippen LogP contribution in [0, 0.1) is 5.41 Å². The molecule has 8 nitrogen and oxygen atoms in total. The first-order valence-corrected chi connectivity index (χ1v) is 12.2. The summed E-state index contributed by atoms with van der Waals surface area (Å²) < 4.78 is 5.63. The molecule has 0 bridgehead atoms. The molecule has 4 rings (SSSR count). The number of benzene rings is 3. The Morgan fingerprint density at radius 2 is 1.57 bits per heavy atom. The standard InChI is InChI=1S/C29H32N4O4/c1-29(2,23(19-9-5-3-6-10-19)20-11-7-4-8-12-20)33-17-18-37-25(28(33)36)24(34)27(35)32-22-15-13-21(14-16-22)26(30)31/h3-16,23-25,34H,17-18H2,1-2H3,(H3,30,31)(H,32,35). The lowest BCUT2D eigenvalue weighted by Gasteiger charge is -2.48. The van der Waals surface area contributed by atoms with E-state index in [-0.39, 0.29) is 18.4 Å². The van der Waals surface area contributed by atoms with Gasteiger partial charge >= 0.3 is 0 Å². The first-order chi connectivity index (χ1) is 17.7. The van der Waals surface area contributed by atoms with Crippen LogP contribution in [-0.2, 0) is 14.3 Å². The summed E-state index contributed by atoms with van der Waals surface area (Å²) >= 11 is 0. The summed E-state index contributed by atoms with van der Waals surface area (Å²) in [6, 6.07) is 26.3. The molecular formula is C29H32N4O4. The number of amides is 2. The molecule has 2 amide bonds. The van der Waals surface area contributed by atoms with Crippen LogP contribution in [0.3, 0.4) is 0 Å². The van der Waals surface area contributed by atoms with Gasteiger partial charge in [0.2, 0.25) is 0 Å². The highest BCUT2D eigenvalue weighted by atomic mass is 16.5. The van der Waals surface area contributed by atoms with Crippen molar-refractivity contribution in [2.24, 2.45) is 5.73 Å². The normalized spacial score (nSPS) is 16.9. The van der Waals surface area contributed by atoms with Crippen molar-refractivity contribution in [1.29, 1.82) is 5.41 Å². The Hall–Kier alpha value is -4.01. The van der Waals surface area contributed by atoms with Crippen molar-refractivity contribution in [2.45, 2.75) is 37.5 Å². The Labute approximate surface area is 216 Å². The van der Waals surface area contributed by atoms with Gasteiger partial charge in [-0.05, 0) is 49.2 Å². The summed E-state index contributed by atoms with van der Waals surface area (Å²) in [6.07, 6.45) is -3.04. The maximum absolute atomic E-state index is 13.7. The fourth-order valence-electron chi connectivity index (χ4n) is 4.95. The minimum Gasteiger partial charge on any atom is -0.384 e. The zero-order valence-electron chi connectivity index (χ0n) is 20.9. The van der Waals surface area contributed by atoms with E-state index in [9.17, 15) is 14.7 Å². The number of nitrogens with two attached hydrogens (primary N) is 1. The van der Waals surface area contributed by atoms with Gasteiger partial charge in [-0.3, -0.25) is 15.0 Å². The Balaban J connectivity index is 1.56. The lowest BCUT2D eigenvalue weighted by Crippen LogP contribution is -2.62. The van der Waals surface area contributed by atoms with Gasteiger partial charge < -0.3 is 25.8 Å². The third kappa shape index (κ3) is 5.55. The topological polar surface area (TPSA) is 129 Å². The number of hydrogen-bond donors (Lipinski definition) is 4. The minimum atomic E-state index is -1.70. The fourth-order valence-corrected chi connectivity index (χ4v) is 4.95. The van der Waals surface area contributed by atoms with Crippen LogP contribution < -0.4 is 11.1 Å². The number of anilines is 1. The van der Waals surface area contributed by atoms with E-state index in [1.54, 1.807) is 29.2 Å². The number of aliphatic hydroxyl groups excluding tert-OH is 1.